The molecule has 0 heterocycles. The van der Waals surface area contributed by atoms with Gasteiger partial charge >= 0.3 is 5.97 Å². The highest BCUT2D eigenvalue weighted by molar-refractivity contribution is 7.89. The summed E-state index contributed by atoms with van der Waals surface area (Å²) in [4.78, 5) is 11.1. The van der Waals surface area contributed by atoms with E-state index in [1.54, 1.807) is 6.92 Å². The zero-order valence-corrected chi connectivity index (χ0v) is 15.4. The van der Waals surface area contributed by atoms with Gasteiger partial charge < -0.3 is 15.2 Å². The number of hydrogen-bond acceptors (Lipinski definition) is 5. The summed E-state index contributed by atoms with van der Waals surface area (Å²) >= 11 is 0. The van der Waals surface area contributed by atoms with Crippen molar-refractivity contribution in [3.8, 4) is 0 Å². The van der Waals surface area contributed by atoms with Crippen LogP contribution in [0.15, 0.2) is 53.4 Å². The van der Waals surface area contributed by atoms with E-state index in [4.69, 9.17) is 4.74 Å². The maximum Gasteiger partial charge on any atom is 0.335 e. The molecule has 0 bridgehead atoms. The Labute approximate surface area is 153 Å². The maximum absolute atomic E-state index is 12.9. The van der Waals surface area contributed by atoms with Crippen LogP contribution in [0, 0.1) is 0 Å². The molecule has 0 spiro atoms. The van der Waals surface area contributed by atoms with Crippen LogP contribution in [0.3, 0.4) is 0 Å². The molecule has 0 amide bonds. The second kappa shape index (κ2) is 8.79. The topological polar surface area (TPSA) is 105 Å². The van der Waals surface area contributed by atoms with Gasteiger partial charge in [0, 0.05) is 19.7 Å². The van der Waals surface area contributed by atoms with Crippen molar-refractivity contribution < 1.29 is 23.1 Å². The van der Waals surface area contributed by atoms with E-state index in [1.165, 1.54) is 19.2 Å². The van der Waals surface area contributed by atoms with Crippen LogP contribution in [0.2, 0.25) is 0 Å². The van der Waals surface area contributed by atoms with Crippen LogP contribution in [0.4, 0.5) is 5.69 Å². The summed E-state index contributed by atoms with van der Waals surface area (Å²) < 4.78 is 33.3. The Morgan fingerprint density at radius 1 is 1.19 bits per heavy atom. The number of rotatable bonds is 9. The van der Waals surface area contributed by atoms with Gasteiger partial charge in [-0.15, -0.1) is 0 Å². The lowest BCUT2D eigenvalue weighted by molar-refractivity contribution is 0.0696. The molecule has 3 N–H and O–H groups in total. The number of carboxylic acid groups (broad SMARTS) is 1. The Morgan fingerprint density at radius 3 is 2.50 bits per heavy atom. The summed E-state index contributed by atoms with van der Waals surface area (Å²) in [6.07, 6.45) is 0. The SMILES string of the molecule is COCCNc1ccc(C(=O)O)cc1S(=O)(=O)NC(C)c1ccccc1. The average Bonchev–Trinajstić information content (AvgIpc) is 2.62. The summed E-state index contributed by atoms with van der Waals surface area (Å²) in [5.74, 6) is -1.19. The average molecular weight is 378 g/mol. The van der Waals surface area contributed by atoms with Crippen molar-refractivity contribution in [1.29, 1.82) is 0 Å². The van der Waals surface area contributed by atoms with Gasteiger partial charge in [0.15, 0.2) is 0 Å². The van der Waals surface area contributed by atoms with E-state index >= 15 is 0 Å². The highest BCUT2D eigenvalue weighted by Gasteiger charge is 2.23. The third kappa shape index (κ3) is 5.04. The minimum Gasteiger partial charge on any atom is -0.478 e. The normalized spacial score (nSPS) is 12.5. The van der Waals surface area contributed by atoms with Gasteiger partial charge in [0.25, 0.3) is 0 Å². The number of ether oxygens (including phenoxy) is 1. The molecule has 7 nitrogen and oxygen atoms in total. The van der Waals surface area contributed by atoms with Crippen LogP contribution < -0.4 is 10.0 Å². The molecule has 0 aliphatic heterocycles. The maximum atomic E-state index is 12.9. The lowest BCUT2D eigenvalue weighted by Crippen LogP contribution is -2.28. The molecule has 0 aliphatic rings. The van der Waals surface area contributed by atoms with E-state index in [0.29, 0.717) is 18.8 Å². The highest BCUT2D eigenvalue weighted by atomic mass is 32.2. The molecule has 2 rings (SSSR count). The molecule has 0 radical (unpaired) electrons. The zero-order chi connectivity index (χ0) is 19.2. The molecule has 0 saturated heterocycles. The summed E-state index contributed by atoms with van der Waals surface area (Å²) in [5.41, 5.74) is 1.02. The van der Waals surface area contributed by atoms with Gasteiger partial charge in [-0.25, -0.2) is 17.9 Å². The van der Waals surface area contributed by atoms with Crippen molar-refractivity contribution in [3.05, 3.63) is 59.7 Å². The van der Waals surface area contributed by atoms with E-state index in [9.17, 15) is 18.3 Å². The number of carbonyl (C=O) groups is 1. The molecule has 8 heteroatoms. The third-order valence-corrected chi connectivity index (χ3v) is 5.35. The van der Waals surface area contributed by atoms with Gasteiger partial charge in [-0.3, -0.25) is 0 Å². The fourth-order valence-electron chi connectivity index (χ4n) is 2.42. The summed E-state index contributed by atoms with van der Waals surface area (Å²) in [6, 6.07) is 12.6. The fourth-order valence-corrected chi connectivity index (χ4v) is 3.86. The molecule has 2 aromatic rings. The van der Waals surface area contributed by atoms with Crippen LogP contribution in [-0.2, 0) is 14.8 Å². The lowest BCUT2D eigenvalue weighted by Gasteiger charge is -2.18. The Balaban J connectivity index is 2.35. The molecule has 0 fully saturated rings. The van der Waals surface area contributed by atoms with Crippen LogP contribution in [0.5, 0.6) is 0 Å². The van der Waals surface area contributed by atoms with Crippen LogP contribution in [-0.4, -0.2) is 39.8 Å². The van der Waals surface area contributed by atoms with Crippen LogP contribution in [0.1, 0.15) is 28.9 Å². The highest BCUT2D eigenvalue weighted by Crippen LogP contribution is 2.25. The van der Waals surface area contributed by atoms with Gasteiger partial charge in [0.2, 0.25) is 10.0 Å². The first-order valence-corrected chi connectivity index (χ1v) is 9.51. The Morgan fingerprint density at radius 2 is 1.88 bits per heavy atom. The quantitative estimate of drug-likeness (QED) is 0.579. The van der Waals surface area contributed by atoms with Crippen molar-refractivity contribution >= 4 is 21.7 Å². The molecule has 0 saturated carbocycles. The number of anilines is 1. The van der Waals surface area contributed by atoms with E-state index in [0.717, 1.165) is 11.6 Å². The third-order valence-electron chi connectivity index (χ3n) is 3.77. The monoisotopic (exact) mass is 378 g/mol. The predicted octanol–water partition coefficient (Wildman–Crippen LogP) is 2.48. The molecule has 140 valence electrons. The first kappa shape index (κ1) is 19.9. The number of carboxylic acids is 1. The minimum absolute atomic E-state index is 0.102. The first-order chi connectivity index (χ1) is 12.3. The predicted molar refractivity (Wildman–Crippen MR) is 98.9 cm³/mol. The molecule has 1 atom stereocenters. The number of nitrogens with one attached hydrogen (secondary N) is 2. The number of hydrogen-bond donors (Lipinski definition) is 3. The van der Waals surface area contributed by atoms with Crippen molar-refractivity contribution in [3.63, 3.8) is 0 Å². The number of sulfonamides is 1. The van der Waals surface area contributed by atoms with Crippen molar-refractivity contribution in [2.45, 2.75) is 17.9 Å². The van der Waals surface area contributed by atoms with Gasteiger partial charge in [0.05, 0.1) is 17.9 Å². The van der Waals surface area contributed by atoms with E-state index in [2.05, 4.69) is 10.0 Å². The first-order valence-electron chi connectivity index (χ1n) is 8.02. The van der Waals surface area contributed by atoms with Gasteiger partial charge in [0.1, 0.15) is 4.90 Å². The fraction of sp³-hybridized carbons (Fsp3) is 0.278. The van der Waals surface area contributed by atoms with Gasteiger partial charge in [-0.1, -0.05) is 30.3 Å². The summed E-state index contributed by atoms with van der Waals surface area (Å²) in [7, 11) is -2.41. The number of methoxy groups -OCH3 is 1. The van der Waals surface area contributed by atoms with Crippen molar-refractivity contribution in [2.75, 3.05) is 25.6 Å². The second-order valence-electron chi connectivity index (χ2n) is 5.69. The molecule has 0 aliphatic carbocycles. The summed E-state index contributed by atoms with van der Waals surface area (Å²) in [6.45, 7) is 2.50. The molecule has 2 aromatic carbocycles. The Hall–Kier alpha value is -2.42. The van der Waals surface area contributed by atoms with E-state index in [-0.39, 0.29) is 10.5 Å². The number of aromatic carboxylic acids is 1. The summed E-state index contributed by atoms with van der Waals surface area (Å²) in [5, 5.41) is 12.1. The lowest BCUT2D eigenvalue weighted by atomic mass is 10.1. The standard InChI is InChI=1S/C18H22N2O5S/c1-13(14-6-4-3-5-7-14)20-26(23,24)17-12-15(18(21)22)8-9-16(17)19-10-11-25-2/h3-9,12-13,19-20H,10-11H2,1-2H3,(H,21,22). The molecule has 0 aromatic heterocycles. The van der Waals surface area contributed by atoms with E-state index < -0.39 is 22.0 Å². The van der Waals surface area contributed by atoms with Crippen molar-refractivity contribution in [2.24, 2.45) is 0 Å². The minimum atomic E-state index is -3.95. The van der Waals surface area contributed by atoms with Crippen molar-refractivity contribution in [1.82, 2.24) is 4.72 Å². The Bertz CT molecular complexity index is 853. The van der Waals surface area contributed by atoms with E-state index in [1.807, 2.05) is 30.3 Å². The smallest absolute Gasteiger partial charge is 0.335 e. The second-order valence-corrected chi connectivity index (χ2v) is 7.37. The number of benzene rings is 2. The Kier molecular flexibility index (Phi) is 6.73. The molecular weight excluding hydrogens is 356 g/mol. The van der Waals surface area contributed by atoms with Crippen LogP contribution >= 0.6 is 0 Å². The molecular formula is C18H22N2O5S. The molecule has 1 unspecified atom stereocenters. The van der Waals surface area contributed by atoms with Gasteiger partial charge in [-0.05, 0) is 30.7 Å². The van der Waals surface area contributed by atoms with Gasteiger partial charge in [-0.2, -0.15) is 0 Å². The van der Waals surface area contributed by atoms with Crippen LogP contribution in [0.25, 0.3) is 0 Å². The molecule has 26 heavy (non-hydrogen) atoms. The zero-order valence-electron chi connectivity index (χ0n) is 14.6. The largest absolute Gasteiger partial charge is 0.478 e.